The van der Waals surface area contributed by atoms with E-state index in [1.165, 1.54) is 43.7 Å². The van der Waals surface area contributed by atoms with Crippen LogP contribution in [-0.4, -0.2) is 41.3 Å². The second-order valence-corrected chi connectivity index (χ2v) is 5.79. The minimum Gasteiger partial charge on any atom is -0.468 e. The van der Waals surface area contributed by atoms with Gasteiger partial charge < -0.3 is 4.74 Å². The maximum Gasteiger partial charge on any atom is 0.294 e. The zero-order valence-corrected chi connectivity index (χ0v) is 10.9. The minimum absolute atomic E-state index is 0.652. The third kappa shape index (κ3) is 3.70. The van der Waals surface area contributed by atoms with Crippen molar-refractivity contribution in [2.24, 2.45) is 0 Å². The summed E-state index contributed by atoms with van der Waals surface area (Å²) in [5, 5.41) is 8.36. The van der Waals surface area contributed by atoms with Crippen LogP contribution in [0.1, 0.15) is 19.3 Å². The SMILES string of the molecule is Brc1nnc(OCCN2CCCCC2)s1. The van der Waals surface area contributed by atoms with Gasteiger partial charge in [0.25, 0.3) is 5.19 Å². The summed E-state index contributed by atoms with van der Waals surface area (Å²) in [6.07, 6.45) is 4.02. The molecule has 1 aromatic heterocycles. The maximum absolute atomic E-state index is 5.50. The first-order valence-electron chi connectivity index (χ1n) is 5.19. The van der Waals surface area contributed by atoms with E-state index in [-0.39, 0.29) is 0 Å². The molecule has 1 fully saturated rings. The topological polar surface area (TPSA) is 38.3 Å². The number of aromatic nitrogens is 2. The molecule has 0 amide bonds. The average Bonchev–Trinajstić information content (AvgIpc) is 2.66. The summed E-state index contributed by atoms with van der Waals surface area (Å²) in [6, 6.07) is 0. The van der Waals surface area contributed by atoms with Gasteiger partial charge in [-0.15, -0.1) is 5.10 Å². The highest BCUT2D eigenvalue weighted by Crippen LogP contribution is 2.22. The van der Waals surface area contributed by atoms with Gasteiger partial charge in [-0.1, -0.05) is 11.5 Å². The van der Waals surface area contributed by atoms with Crippen molar-refractivity contribution in [1.82, 2.24) is 15.1 Å². The van der Waals surface area contributed by atoms with Gasteiger partial charge in [0.15, 0.2) is 3.92 Å². The van der Waals surface area contributed by atoms with E-state index in [1.54, 1.807) is 0 Å². The van der Waals surface area contributed by atoms with Crippen LogP contribution in [0.3, 0.4) is 0 Å². The lowest BCUT2D eigenvalue weighted by molar-refractivity contribution is 0.182. The van der Waals surface area contributed by atoms with Crippen molar-refractivity contribution in [2.45, 2.75) is 19.3 Å². The number of hydrogen-bond donors (Lipinski definition) is 0. The summed E-state index contributed by atoms with van der Waals surface area (Å²) in [7, 11) is 0. The van der Waals surface area contributed by atoms with Crippen LogP contribution < -0.4 is 4.74 Å². The van der Waals surface area contributed by atoms with Crippen LogP contribution in [0.25, 0.3) is 0 Å². The molecule has 15 heavy (non-hydrogen) atoms. The molecule has 4 nitrogen and oxygen atoms in total. The first-order chi connectivity index (χ1) is 7.34. The first-order valence-corrected chi connectivity index (χ1v) is 6.80. The zero-order chi connectivity index (χ0) is 10.5. The lowest BCUT2D eigenvalue weighted by Gasteiger charge is -2.25. The van der Waals surface area contributed by atoms with Crippen LogP contribution in [-0.2, 0) is 0 Å². The highest BCUT2D eigenvalue weighted by atomic mass is 79.9. The molecule has 2 rings (SSSR count). The van der Waals surface area contributed by atoms with Crippen LogP contribution in [0.4, 0.5) is 0 Å². The Kier molecular flexibility index (Phi) is 4.34. The molecule has 0 unspecified atom stereocenters. The van der Waals surface area contributed by atoms with Gasteiger partial charge in [0.05, 0.1) is 0 Å². The van der Waals surface area contributed by atoms with Crippen molar-refractivity contribution >= 4 is 27.3 Å². The van der Waals surface area contributed by atoms with Gasteiger partial charge in [0.1, 0.15) is 6.61 Å². The molecule has 0 radical (unpaired) electrons. The van der Waals surface area contributed by atoms with E-state index in [0.29, 0.717) is 11.8 Å². The van der Waals surface area contributed by atoms with Crippen LogP contribution in [0.2, 0.25) is 0 Å². The van der Waals surface area contributed by atoms with E-state index in [9.17, 15) is 0 Å². The van der Waals surface area contributed by atoms with Gasteiger partial charge in [0, 0.05) is 6.54 Å². The summed E-state index contributed by atoms with van der Waals surface area (Å²) in [4.78, 5) is 2.44. The largest absolute Gasteiger partial charge is 0.468 e. The van der Waals surface area contributed by atoms with E-state index in [0.717, 1.165) is 10.5 Å². The first kappa shape index (κ1) is 11.3. The highest BCUT2D eigenvalue weighted by Gasteiger charge is 2.10. The molecule has 0 bridgehead atoms. The van der Waals surface area contributed by atoms with Crippen LogP contribution in [0.5, 0.6) is 5.19 Å². The van der Waals surface area contributed by atoms with Crippen molar-refractivity contribution in [3.05, 3.63) is 3.92 Å². The Morgan fingerprint density at radius 1 is 1.27 bits per heavy atom. The van der Waals surface area contributed by atoms with Crippen molar-refractivity contribution < 1.29 is 4.74 Å². The Morgan fingerprint density at radius 2 is 2.07 bits per heavy atom. The van der Waals surface area contributed by atoms with Crippen LogP contribution >= 0.6 is 27.3 Å². The van der Waals surface area contributed by atoms with E-state index < -0.39 is 0 Å². The van der Waals surface area contributed by atoms with Crippen molar-refractivity contribution in [3.63, 3.8) is 0 Å². The predicted octanol–water partition coefficient (Wildman–Crippen LogP) is 2.17. The average molecular weight is 292 g/mol. The molecule has 0 atom stereocenters. The lowest BCUT2D eigenvalue weighted by Crippen LogP contribution is -2.33. The Labute approximate surface area is 102 Å². The molecule has 1 saturated heterocycles. The monoisotopic (exact) mass is 291 g/mol. The lowest BCUT2D eigenvalue weighted by atomic mass is 10.1. The van der Waals surface area contributed by atoms with Crippen molar-refractivity contribution in [3.8, 4) is 5.19 Å². The summed E-state index contributed by atoms with van der Waals surface area (Å²) >= 11 is 4.68. The Bertz CT molecular complexity index is 301. The van der Waals surface area contributed by atoms with E-state index in [2.05, 4.69) is 31.0 Å². The van der Waals surface area contributed by atoms with Crippen molar-refractivity contribution in [1.29, 1.82) is 0 Å². The fraction of sp³-hybridized carbons (Fsp3) is 0.778. The van der Waals surface area contributed by atoms with E-state index in [1.807, 2.05) is 0 Å². The molecular formula is C9H14BrN3OS. The second kappa shape index (κ2) is 5.77. The summed E-state index contributed by atoms with van der Waals surface area (Å²) in [6.45, 7) is 4.13. The Hall–Kier alpha value is -0.200. The van der Waals surface area contributed by atoms with Gasteiger partial charge in [-0.25, -0.2) is 0 Å². The summed E-state index contributed by atoms with van der Waals surface area (Å²) in [5.74, 6) is 0. The maximum atomic E-state index is 5.50. The number of likely N-dealkylation sites (tertiary alicyclic amines) is 1. The molecule has 84 valence electrons. The van der Waals surface area contributed by atoms with Gasteiger partial charge in [-0.2, -0.15) is 0 Å². The van der Waals surface area contributed by atoms with E-state index >= 15 is 0 Å². The molecule has 6 heteroatoms. The molecule has 0 saturated carbocycles. The molecule has 1 aliphatic heterocycles. The normalized spacial score (nSPS) is 17.9. The zero-order valence-electron chi connectivity index (χ0n) is 8.49. The quantitative estimate of drug-likeness (QED) is 0.852. The molecule has 2 heterocycles. The molecule has 0 aromatic carbocycles. The molecule has 0 aliphatic carbocycles. The van der Waals surface area contributed by atoms with Gasteiger partial charge >= 0.3 is 0 Å². The Balaban J connectivity index is 1.65. The fourth-order valence-corrected chi connectivity index (χ4v) is 2.64. The third-order valence-corrected chi connectivity index (χ3v) is 3.73. The smallest absolute Gasteiger partial charge is 0.294 e. The number of piperidine rings is 1. The Morgan fingerprint density at radius 3 is 2.73 bits per heavy atom. The number of rotatable bonds is 4. The fourth-order valence-electron chi connectivity index (χ4n) is 1.70. The van der Waals surface area contributed by atoms with Gasteiger partial charge in [-0.3, -0.25) is 4.90 Å². The molecule has 1 aromatic rings. The molecular weight excluding hydrogens is 278 g/mol. The summed E-state index contributed by atoms with van der Waals surface area (Å²) < 4.78 is 6.28. The van der Waals surface area contributed by atoms with Gasteiger partial charge in [0.2, 0.25) is 0 Å². The number of ether oxygens (including phenoxy) is 1. The van der Waals surface area contributed by atoms with Crippen LogP contribution in [0, 0.1) is 0 Å². The second-order valence-electron chi connectivity index (χ2n) is 3.57. The number of nitrogens with zero attached hydrogens (tertiary/aromatic N) is 3. The van der Waals surface area contributed by atoms with Gasteiger partial charge in [-0.05, 0) is 53.2 Å². The summed E-state index contributed by atoms with van der Waals surface area (Å²) in [5.41, 5.74) is 0. The third-order valence-electron chi connectivity index (χ3n) is 2.46. The van der Waals surface area contributed by atoms with E-state index in [4.69, 9.17) is 4.74 Å². The molecule has 0 N–H and O–H groups in total. The number of halogens is 1. The highest BCUT2D eigenvalue weighted by molar-refractivity contribution is 9.11. The minimum atomic E-state index is 0.652. The number of hydrogen-bond acceptors (Lipinski definition) is 5. The molecule has 0 spiro atoms. The molecule has 1 aliphatic rings. The van der Waals surface area contributed by atoms with Crippen molar-refractivity contribution in [2.75, 3.05) is 26.2 Å². The van der Waals surface area contributed by atoms with Crippen LogP contribution in [0.15, 0.2) is 3.92 Å². The predicted molar refractivity (Wildman–Crippen MR) is 63.4 cm³/mol. The standard InChI is InChI=1S/C9H14BrN3OS/c10-8-11-12-9(15-8)14-7-6-13-4-2-1-3-5-13/h1-7H2.